The van der Waals surface area contributed by atoms with Crippen molar-refractivity contribution >= 4 is 39.6 Å². The van der Waals surface area contributed by atoms with Gasteiger partial charge in [0.05, 0.1) is 9.88 Å². The lowest BCUT2D eigenvalue weighted by atomic mass is 10.2. The van der Waals surface area contributed by atoms with Gasteiger partial charge in [-0.05, 0) is 25.0 Å². The van der Waals surface area contributed by atoms with Gasteiger partial charge in [-0.2, -0.15) is 0 Å². The average molecular weight is 384 g/mol. The van der Waals surface area contributed by atoms with Crippen LogP contribution in [0, 0.1) is 5.92 Å². The Morgan fingerprint density at radius 2 is 1.92 bits per heavy atom. The number of anilines is 1. The van der Waals surface area contributed by atoms with E-state index in [1.165, 1.54) is 22.7 Å². The minimum Gasteiger partial charge on any atom is -0.456 e. The Hall–Kier alpha value is -2.51. The summed E-state index contributed by atoms with van der Waals surface area (Å²) in [6.45, 7) is 0.186. The summed E-state index contributed by atoms with van der Waals surface area (Å²) in [4.78, 5) is 29.7. The van der Waals surface area contributed by atoms with Crippen LogP contribution >= 0.6 is 22.7 Å². The van der Waals surface area contributed by atoms with Gasteiger partial charge >= 0.3 is 5.97 Å². The maximum atomic E-state index is 12.2. The van der Waals surface area contributed by atoms with Crippen LogP contribution < -0.4 is 5.32 Å². The molecule has 1 aliphatic carbocycles. The summed E-state index contributed by atoms with van der Waals surface area (Å²) in [5, 5.41) is 4.42. The number of carbonyl (C=O) groups is 2. The molecule has 0 atom stereocenters. The van der Waals surface area contributed by atoms with E-state index in [9.17, 15) is 9.59 Å². The third-order valence-electron chi connectivity index (χ3n) is 3.92. The predicted octanol–water partition coefficient (Wildman–Crippen LogP) is 4.58. The van der Waals surface area contributed by atoms with E-state index in [1.807, 2.05) is 30.3 Å². The van der Waals surface area contributed by atoms with Gasteiger partial charge < -0.3 is 10.1 Å². The highest BCUT2D eigenvalue weighted by molar-refractivity contribution is 7.18. The summed E-state index contributed by atoms with van der Waals surface area (Å²) < 4.78 is 5.37. The van der Waals surface area contributed by atoms with E-state index in [1.54, 1.807) is 18.3 Å². The molecule has 0 saturated heterocycles. The zero-order valence-electron chi connectivity index (χ0n) is 13.8. The smallest absolute Gasteiger partial charge is 0.348 e. The Morgan fingerprint density at radius 1 is 1.12 bits per heavy atom. The number of esters is 1. The van der Waals surface area contributed by atoms with Crippen molar-refractivity contribution in [1.29, 1.82) is 0 Å². The normalized spacial score (nSPS) is 13.4. The summed E-state index contributed by atoms with van der Waals surface area (Å²) in [5.41, 5.74) is 1.05. The van der Waals surface area contributed by atoms with Crippen LogP contribution in [0.5, 0.6) is 0 Å². The van der Waals surface area contributed by atoms with Gasteiger partial charge in [-0.15, -0.1) is 22.7 Å². The third-order valence-corrected chi connectivity index (χ3v) is 5.92. The van der Waals surface area contributed by atoms with Crippen LogP contribution in [-0.4, -0.2) is 16.9 Å². The lowest BCUT2D eigenvalue weighted by Gasteiger charge is -2.01. The van der Waals surface area contributed by atoms with E-state index in [0.29, 0.717) is 9.88 Å². The Bertz CT molecular complexity index is 929. The first-order valence-corrected chi connectivity index (χ1v) is 9.90. The highest BCUT2D eigenvalue weighted by Crippen LogP contribution is 2.32. The van der Waals surface area contributed by atoms with Crippen LogP contribution in [0.1, 0.15) is 27.4 Å². The second-order valence-electron chi connectivity index (χ2n) is 6.00. The number of benzene rings is 1. The van der Waals surface area contributed by atoms with Crippen LogP contribution in [0.2, 0.25) is 0 Å². The average Bonchev–Trinajstić information content (AvgIpc) is 3.24. The molecule has 1 aliphatic rings. The predicted molar refractivity (Wildman–Crippen MR) is 102 cm³/mol. The lowest BCUT2D eigenvalue weighted by molar-refractivity contribution is -0.117. The fourth-order valence-electron chi connectivity index (χ4n) is 2.38. The fraction of sp³-hybridized carbons (Fsp3) is 0.211. The minimum absolute atomic E-state index is 0.0323. The van der Waals surface area contributed by atoms with E-state index in [-0.39, 0.29) is 18.4 Å². The number of carbonyl (C=O) groups excluding carboxylic acids is 2. The van der Waals surface area contributed by atoms with Gasteiger partial charge in [0.25, 0.3) is 0 Å². The molecule has 7 heteroatoms. The maximum absolute atomic E-state index is 12.2. The molecule has 1 N–H and O–H groups in total. The van der Waals surface area contributed by atoms with Crippen molar-refractivity contribution in [3.8, 4) is 10.6 Å². The summed E-state index contributed by atoms with van der Waals surface area (Å²) in [7, 11) is 0. The molecule has 0 radical (unpaired) electrons. The van der Waals surface area contributed by atoms with Crippen molar-refractivity contribution in [1.82, 2.24) is 4.98 Å². The number of hydrogen-bond donors (Lipinski definition) is 1. The maximum Gasteiger partial charge on any atom is 0.348 e. The number of amides is 1. The quantitative estimate of drug-likeness (QED) is 0.632. The first-order valence-electron chi connectivity index (χ1n) is 8.27. The largest absolute Gasteiger partial charge is 0.456 e. The molecule has 5 nitrogen and oxygen atoms in total. The van der Waals surface area contributed by atoms with Crippen LogP contribution in [0.4, 0.5) is 5.00 Å². The molecule has 1 saturated carbocycles. The summed E-state index contributed by atoms with van der Waals surface area (Å²) in [6.07, 6.45) is 3.63. The number of hydrogen-bond acceptors (Lipinski definition) is 6. The molecule has 2 aromatic heterocycles. The van der Waals surface area contributed by atoms with Gasteiger partial charge in [0.2, 0.25) is 5.91 Å². The van der Waals surface area contributed by atoms with Crippen molar-refractivity contribution < 1.29 is 14.3 Å². The number of nitrogens with zero attached hydrogens (tertiary/aromatic N) is 1. The van der Waals surface area contributed by atoms with E-state index < -0.39 is 5.97 Å². The van der Waals surface area contributed by atoms with Crippen LogP contribution in [0.25, 0.3) is 10.6 Å². The summed E-state index contributed by atoms with van der Waals surface area (Å²) >= 11 is 2.74. The molecule has 0 bridgehead atoms. The molecule has 2 heterocycles. The monoisotopic (exact) mass is 384 g/mol. The molecule has 3 aromatic rings. The van der Waals surface area contributed by atoms with Crippen molar-refractivity contribution in [3.63, 3.8) is 0 Å². The molecular weight excluding hydrogens is 368 g/mol. The molecule has 26 heavy (non-hydrogen) atoms. The van der Waals surface area contributed by atoms with E-state index in [0.717, 1.165) is 28.3 Å². The van der Waals surface area contributed by atoms with Crippen LogP contribution in [-0.2, 0) is 16.1 Å². The fourth-order valence-corrected chi connectivity index (χ4v) is 4.01. The van der Waals surface area contributed by atoms with Gasteiger partial charge in [-0.25, -0.2) is 9.78 Å². The number of thiophene rings is 1. The van der Waals surface area contributed by atoms with E-state index in [4.69, 9.17) is 4.74 Å². The van der Waals surface area contributed by atoms with Gasteiger partial charge in [0, 0.05) is 17.7 Å². The molecular formula is C19H16N2O3S2. The standard InChI is InChI=1S/C19H16N2O3S2/c22-17(12-6-7-12)21-16-9-8-15(26-16)19(23)24-11-14-10-20-18(25-14)13-4-2-1-3-5-13/h1-5,8-10,12H,6-7,11H2,(H,21,22). The SMILES string of the molecule is O=C(OCc1cnc(-c2ccccc2)s1)c1ccc(NC(=O)C2CC2)s1. The Labute approximate surface area is 158 Å². The number of aromatic nitrogens is 1. The number of rotatable bonds is 6. The molecule has 132 valence electrons. The topological polar surface area (TPSA) is 68.3 Å². The van der Waals surface area contributed by atoms with Crippen molar-refractivity contribution in [2.45, 2.75) is 19.4 Å². The Kier molecular flexibility index (Phi) is 4.81. The Balaban J connectivity index is 1.33. The first-order chi connectivity index (χ1) is 12.7. The molecule has 1 aromatic carbocycles. The van der Waals surface area contributed by atoms with Gasteiger partial charge in [0.15, 0.2) is 0 Å². The number of ether oxygens (including phenoxy) is 1. The molecule has 1 amide bonds. The molecule has 0 unspecified atom stereocenters. The van der Waals surface area contributed by atoms with E-state index >= 15 is 0 Å². The van der Waals surface area contributed by atoms with Crippen LogP contribution in [0.15, 0.2) is 48.7 Å². The second-order valence-corrected chi connectivity index (χ2v) is 8.20. The third kappa shape index (κ3) is 4.00. The first kappa shape index (κ1) is 16.9. The van der Waals surface area contributed by atoms with Crippen molar-refractivity contribution in [2.75, 3.05) is 5.32 Å². The zero-order chi connectivity index (χ0) is 17.9. The zero-order valence-corrected chi connectivity index (χ0v) is 15.4. The van der Waals surface area contributed by atoms with Gasteiger partial charge in [-0.3, -0.25) is 4.79 Å². The molecule has 0 spiro atoms. The molecule has 1 fully saturated rings. The highest BCUT2D eigenvalue weighted by Gasteiger charge is 2.29. The molecule has 0 aliphatic heterocycles. The number of nitrogens with one attached hydrogen (secondary N) is 1. The van der Waals surface area contributed by atoms with E-state index in [2.05, 4.69) is 10.3 Å². The summed E-state index contributed by atoms with van der Waals surface area (Å²) in [6, 6.07) is 13.3. The highest BCUT2D eigenvalue weighted by atomic mass is 32.1. The number of thiazole rings is 1. The van der Waals surface area contributed by atoms with Crippen LogP contribution in [0.3, 0.4) is 0 Å². The molecule has 4 rings (SSSR count). The summed E-state index contributed by atoms with van der Waals surface area (Å²) in [5.74, 6) is -0.223. The van der Waals surface area contributed by atoms with Crippen molar-refractivity contribution in [2.24, 2.45) is 5.92 Å². The van der Waals surface area contributed by atoms with Gasteiger partial charge in [0.1, 0.15) is 16.5 Å². The lowest BCUT2D eigenvalue weighted by Crippen LogP contribution is -2.12. The second kappa shape index (κ2) is 7.39. The van der Waals surface area contributed by atoms with Gasteiger partial charge in [-0.1, -0.05) is 30.3 Å². The van der Waals surface area contributed by atoms with Crippen molar-refractivity contribution in [3.05, 3.63) is 58.4 Å². The Morgan fingerprint density at radius 3 is 2.69 bits per heavy atom. The minimum atomic E-state index is -0.392.